The zero-order chi connectivity index (χ0) is 24.2. The largest absolute Gasteiger partial charge is 0.497 e. The fourth-order valence-corrected chi connectivity index (χ4v) is 3.70. The van der Waals surface area contributed by atoms with Gasteiger partial charge in [0.15, 0.2) is 5.69 Å². The molecule has 5 rings (SSSR count). The van der Waals surface area contributed by atoms with Gasteiger partial charge in [0.25, 0.3) is 11.5 Å². The van der Waals surface area contributed by atoms with Crippen molar-refractivity contribution in [3.8, 4) is 22.9 Å². The molecule has 0 aliphatic rings. The molecule has 0 aliphatic heterocycles. The normalized spacial score (nSPS) is 10.7. The molecule has 0 radical (unpaired) electrons. The van der Waals surface area contributed by atoms with Crippen LogP contribution in [0.15, 0.2) is 108 Å². The van der Waals surface area contributed by atoms with Gasteiger partial charge in [-0.05, 0) is 54.6 Å². The minimum absolute atomic E-state index is 0.132. The molecule has 0 saturated carbocycles. The molecule has 1 heterocycles. The molecule has 0 saturated heterocycles. The molecule has 7 heteroatoms. The van der Waals surface area contributed by atoms with Gasteiger partial charge in [0.05, 0.1) is 18.2 Å². The second-order valence-electron chi connectivity index (χ2n) is 7.71. The average Bonchev–Trinajstić information content (AvgIpc) is 2.91. The summed E-state index contributed by atoms with van der Waals surface area (Å²) in [6.07, 6.45) is 0. The van der Waals surface area contributed by atoms with E-state index in [1.54, 1.807) is 79.9 Å². The van der Waals surface area contributed by atoms with Gasteiger partial charge in [0.1, 0.15) is 17.2 Å². The Hall–Kier alpha value is -4.91. The van der Waals surface area contributed by atoms with Crippen molar-refractivity contribution in [3.63, 3.8) is 0 Å². The van der Waals surface area contributed by atoms with Crippen LogP contribution in [0.25, 0.3) is 16.5 Å². The van der Waals surface area contributed by atoms with Crippen molar-refractivity contribution in [1.29, 1.82) is 0 Å². The molecule has 35 heavy (non-hydrogen) atoms. The number of nitrogens with one attached hydrogen (secondary N) is 1. The predicted octanol–water partition coefficient (Wildman–Crippen LogP) is 5.44. The Morgan fingerprint density at radius 2 is 1.43 bits per heavy atom. The van der Waals surface area contributed by atoms with Crippen molar-refractivity contribution in [1.82, 2.24) is 9.78 Å². The Labute approximate surface area is 201 Å². The highest BCUT2D eigenvalue weighted by Crippen LogP contribution is 2.24. The molecule has 5 aromatic rings. The number of fused-ring (bicyclic) bond motifs is 1. The van der Waals surface area contributed by atoms with Gasteiger partial charge < -0.3 is 14.8 Å². The Morgan fingerprint density at radius 1 is 0.771 bits per heavy atom. The molecule has 0 spiro atoms. The summed E-state index contributed by atoms with van der Waals surface area (Å²) in [5, 5.41) is 8.15. The maximum atomic E-state index is 13.3. The number of rotatable bonds is 6. The van der Waals surface area contributed by atoms with Crippen LogP contribution in [-0.4, -0.2) is 22.8 Å². The summed E-state index contributed by atoms with van der Waals surface area (Å²) in [6, 6.07) is 30.3. The Kier molecular flexibility index (Phi) is 5.96. The predicted molar refractivity (Wildman–Crippen MR) is 135 cm³/mol. The third-order valence-corrected chi connectivity index (χ3v) is 5.41. The van der Waals surface area contributed by atoms with Crippen LogP contribution in [0.5, 0.6) is 17.2 Å². The number of amides is 1. The molecule has 0 unspecified atom stereocenters. The summed E-state index contributed by atoms with van der Waals surface area (Å²) in [5.41, 5.74) is 0.873. The van der Waals surface area contributed by atoms with Gasteiger partial charge in [-0.25, -0.2) is 0 Å². The van der Waals surface area contributed by atoms with Gasteiger partial charge >= 0.3 is 0 Å². The molecule has 0 bridgehead atoms. The van der Waals surface area contributed by atoms with E-state index in [4.69, 9.17) is 9.47 Å². The summed E-state index contributed by atoms with van der Waals surface area (Å²) in [6.45, 7) is 0. The topological polar surface area (TPSA) is 82.5 Å². The molecule has 0 aliphatic carbocycles. The standard InChI is InChI=1S/C28H21N3O4/c1-34-23-11-7-8-20(18-23)31-28(33)25-13-6-5-12-24(25)26(30-31)27(32)29-19-14-16-22(17-15-19)35-21-9-3-2-4-10-21/h2-18H,1H3,(H,29,32). The third-order valence-electron chi connectivity index (χ3n) is 5.41. The van der Waals surface area contributed by atoms with Crippen LogP contribution in [0.3, 0.4) is 0 Å². The van der Waals surface area contributed by atoms with E-state index in [9.17, 15) is 9.59 Å². The van der Waals surface area contributed by atoms with Gasteiger partial charge in [0.2, 0.25) is 0 Å². The molecule has 1 N–H and O–H groups in total. The van der Waals surface area contributed by atoms with Gasteiger partial charge in [-0.1, -0.05) is 42.5 Å². The van der Waals surface area contributed by atoms with Crippen molar-refractivity contribution in [2.24, 2.45) is 0 Å². The van der Waals surface area contributed by atoms with Gasteiger partial charge in [-0.15, -0.1) is 0 Å². The lowest BCUT2D eigenvalue weighted by Gasteiger charge is -2.12. The lowest BCUT2D eigenvalue weighted by molar-refractivity contribution is 0.102. The number of hydrogen-bond acceptors (Lipinski definition) is 5. The summed E-state index contributed by atoms with van der Waals surface area (Å²) >= 11 is 0. The van der Waals surface area contributed by atoms with E-state index >= 15 is 0 Å². The van der Waals surface area contributed by atoms with Gasteiger partial charge in [-0.3, -0.25) is 9.59 Å². The zero-order valence-corrected chi connectivity index (χ0v) is 18.8. The Morgan fingerprint density at radius 3 is 2.17 bits per heavy atom. The summed E-state index contributed by atoms with van der Waals surface area (Å²) < 4.78 is 12.3. The van der Waals surface area contributed by atoms with Crippen LogP contribution in [0.1, 0.15) is 10.5 Å². The molecule has 0 fully saturated rings. The highest BCUT2D eigenvalue weighted by Gasteiger charge is 2.18. The second-order valence-corrected chi connectivity index (χ2v) is 7.71. The number of anilines is 1. The second kappa shape index (κ2) is 9.52. The smallest absolute Gasteiger partial charge is 0.279 e. The quantitative estimate of drug-likeness (QED) is 0.363. The molecular formula is C28H21N3O4. The first kappa shape index (κ1) is 21.9. The van der Waals surface area contributed by atoms with Crippen LogP contribution >= 0.6 is 0 Å². The average molecular weight is 463 g/mol. The Balaban J connectivity index is 1.47. The van der Waals surface area contributed by atoms with E-state index in [1.165, 1.54) is 4.68 Å². The van der Waals surface area contributed by atoms with Crippen LogP contribution < -0.4 is 20.3 Å². The maximum Gasteiger partial charge on any atom is 0.279 e. The van der Waals surface area contributed by atoms with Crippen molar-refractivity contribution >= 4 is 22.4 Å². The van der Waals surface area contributed by atoms with Gasteiger partial charge in [0, 0.05) is 17.1 Å². The lowest BCUT2D eigenvalue weighted by atomic mass is 10.1. The zero-order valence-electron chi connectivity index (χ0n) is 18.8. The number of ether oxygens (including phenoxy) is 2. The minimum atomic E-state index is -0.436. The number of methoxy groups -OCH3 is 1. The fraction of sp³-hybridized carbons (Fsp3) is 0.0357. The number of carbonyl (C=O) groups is 1. The first-order chi connectivity index (χ1) is 17.1. The number of para-hydroxylation sites is 1. The van der Waals surface area contributed by atoms with Crippen LogP contribution in [0, 0.1) is 0 Å². The van der Waals surface area contributed by atoms with Crippen molar-refractivity contribution < 1.29 is 14.3 Å². The number of aromatic nitrogens is 2. The van der Waals surface area contributed by atoms with Crippen molar-refractivity contribution in [3.05, 3.63) is 119 Å². The highest BCUT2D eigenvalue weighted by molar-refractivity contribution is 6.11. The van der Waals surface area contributed by atoms with Crippen molar-refractivity contribution in [2.45, 2.75) is 0 Å². The maximum absolute atomic E-state index is 13.3. The van der Waals surface area contributed by atoms with E-state index in [2.05, 4.69) is 10.4 Å². The van der Waals surface area contributed by atoms with E-state index in [0.29, 0.717) is 33.6 Å². The first-order valence-electron chi connectivity index (χ1n) is 10.9. The van der Waals surface area contributed by atoms with Crippen LogP contribution in [0.2, 0.25) is 0 Å². The number of carbonyl (C=O) groups excluding carboxylic acids is 1. The molecule has 1 aromatic heterocycles. The summed E-state index contributed by atoms with van der Waals surface area (Å²) in [4.78, 5) is 26.4. The minimum Gasteiger partial charge on any atom is -0.497 e. The van der Waals surface area contributed by atoms with Crippen molar-refractivity contribution in [2.75, 3.05) is 12.4 Å². The molecular weight excluding hydrogens is 442 g/mol. The highest BCUT2D eigenvalue weighted by atomic mass is 16.5. The van der Waals surface area contributed by atoms with E-state index in [1.807, 2.05) is 30.3 Å². The third kappa shape index (κ3) is 4.60. The van der Waals surface area contributed by atoms with Gasteiger partial charge in [-0.2, -0.15) is 9.78 Å². The fourth-order valence-electron chi connectivity index (χ4n) is 3.70. The molecule has 0 atom stereocenters. The molecule has 172 valence electrons. The van der Waals surface area contributed by atoms with E-state index in [-0.39, 0.29) is 11.3 Å². The number of nitrogens with zero attached hydrogens (tertiary/aromatic N) is 2. The first-order valence-corrected chi connectivity index (χ1v) is 10.9. The Bertz CT molecular complexity index is 1560. The SMILES string of the molecule is COc1cccc(-n2nc(C(=O)Nc3ccc(Oc4ccccc4)cc3)c3ccccc3c2=O)c1. The molecule has 4 aromatic carbocycles. The molecule has 1 amide bonds. The van der Waals surface area contributed by atoms with Crippen LogP contribution in [-0.2, 0) is 0 Å². The number of benzene rings is 4. The number of hydrogen-bond donors (Lipinski definition) is 1. The van der Waals surface area contributed by atoms with Crippen LogP contribution in [0.4, 0.5) is 5.69 Å². The molecule has 7 nitrogen and oxygen atoms in total. The summed E-state index contributed by atoms with van der Waals surface area (Å²) in [5.74, 6) is 1.51. The van der Waals surface area contributed by atoms with E-state index < -0.39 is 5.91 Å². The summed E-state index contributed by atoms with van der Waals surface area (Å²) in [7, 11) is 1.55. The lowest BCUT2D eigenvalue weighted by Crippen LogP contribution is -2.26. The monoisotopic (exact) mass is 463 g/mol. The van der Waals surface area contributed by atoms with E-state index in [0.717, 1.165) is 5.75 Å².